The summed E-state index contributed by atoms with van der Waals surface area (Å²) in [5.41, 5.74) is 7.35. The first-order valence-corrected chi connectivity index (χ1v) is 10.8. The number of imidazole rings is 1. The number of hydrogen-bond donors (Lipinski definition) is 8. The number of nitrogens with zero attached hydrogens (tertiary/aromatic N) is 1. The van der Waals surface area contributed by atoms with Crippen LogP contribution in [0.2, 0.25) is 0 Å². The number of carboxylic acids is 1. The molecule has 35 heavy (non-hydrogen) atoms. The van der Waals surface area contributed by atoms with E-state index in [1.165, 1.54) is 19.4 Å². The number of carbonyl (C=O) groups is 4. The molecule has 13 heteroatoms. The Morgan fingerprint density at radius 2 is 1.66 bits per heavy atom. The number of rotatable bonds is 13. The van der Waals surface area contributed by atoms with Crippen LogP contribution >= 0.6 is 0 Å². The van der Waals surface area contributed by atoms with Crippen LogP contribution < -0.4 is 21.7 Å². The molecule has 0 aliphatic heterocycles. The summed E-state index contributed by atoms with van der Waals surface area (Å²) in [5.74, 6) is -3.95. The topological polar surface area (TPSA) is 220 Å². The van der Waals surface area contributed by atoms with E-state index in [0.717, 1.165) is 5.56 Å². The molecule has 0 fully saturated rings. The van der Waals surface area contributed by atoms with Gasteiger partial charge in [0.15, 0.2) is 0 Å². The molecule has 5 unspecified atom stereocenters. The van der Waals surface area contributed by atoms with Crippen LogP contribution in [0.25, 0.3) is 0 Å². The van der Waals surface area contributed by atoms with Crippen LogP contribution in [0.15, 0.2) is 42.9 Å². The second kappa shape index (κ2) is 13.2. The minimum absolute atomic E-state index is 0.0296. The van der Waals surface area contributed by atoms with E-state index in [-0.39, 0.29) is 12.8 Å². The first-order chi connectivity index (χ1) is 16.6. The van der Waals surface area contributed by atoms with Crippen molar-refractivity contribution in [2.75, 3.05) is 6.61 Å². The third-order valence-corrected chi connectivity index (χ3v) is 5.11. The van der Waals surface area contributed by atoms with Crippen LogP contribution in [0, 0.1) is 0 Å². The number of hydrogen-bond acceptors (Lipinski definition) is 8. The van der Waals surface area contributed by atoms with Gasteiger partial charge in [-0.2, -0.15) is 0 Å². The highest BCUT2D eigenvalue weighted by Gasteiger charge is 2.32. The molecule has 0 bridgehead atoms. The molecule has 2 rings (SSSR count). The number of aliphatic hydroxyl groups excluding tert-OH is 2. The number of H-pyrrole nitrogens is 1. The first-order valence-electron chi connectivity index (χ1n) is 10.8. The maximum absolute atomic E-state index is 13.0. The highest BCUT2D eigenvalue weighted by atomic mass is 16.4. The zero-order valence-corrected chi connectivity index (χ0v) is 19.0. The van der Waals surface area contributed by atoms with E-state index in [2.05, 4.69) is 20.6 Å². The van der Waals surface area contributed by atoms with E-state index in [0.29, 0.717) is 5.69 Å². The summed E-state index contributed by atoms with van der Waals surface area (Å²) in [6.07, 6.45) is 1.62. The summed E-state index contributed by atoms with van der Waals surface area (Å²) in [5, 5.41) is 35.1. The number of carboxylic acid groups (broad SMARTS) is 1. The molecule has 0 spiro atoms. The number of nitrogens with two attached hydrogens (primary N) is 1. The quantitative estimate of drug-likeness (QED) is 0.148. The van der Waals surface area contributed by atoms with Gasteiger partial charge in [-0.15, -0.1) is 0 Å². The van der Waals surface area contributed by atoms with Crippen molar-refractivity contribution in [2.45, 2.75) is 50.0 Å². The van der Waals surface area contributed by atoms with Gasteiger partial charge in [-0.05, 0) is 18.9 Å². The molecule has 1 heterocycles. The van der Waals surface area contributed by atoms with E-state index < -0.39 is 60.6 Å². The van der Waals surface area contributed by atoms with Crippen molar-refractivity contribution in [3.05, 3.63) is 54.1 Å². The molecule has 0 aliphatic rings. The Hall–Kier alpha value is -3.81. The Morgan fingerprint density at radius 1 is 1.00 bits per heavy atom. The van der Waals surface area contributed by atoms with Gasteiger partial charge in [0.25, 0.3) is 0 Å². The van der Waals surface area contributed by atoms with Gasteiger partial charge < -0.3 is 42.0 Å². The Labute approximate surface area is 201 Å². The van der Waals surface area contributed by atoms with Crippen molar-refractivity contribution in [3.63, 3.8) is 0 Å². The minimum atomic E-state index is -1.63. The Kier molecular flexibility index (Phi) is 10.3. The van der Waals surface area contributed by atoms with E-state index >= 15 is 0 Å². The summed E-state index contributed by atoms with van der Waals surface area (Å²) in [4.78, 5) is 56.0. The molecule has 0 radical (unpaired) electrons. The minimum Gasteiger partial charge on any atom is -0.480 e. The molecule has 5 atom stereocenters. The molecule has 0 aliphatic carbocycles. The third kappa shape index (κ3) is 8.48. The smallest absolute Gasteiger partial charge is 0.328 e. The van der Waals surface area contributed by atoms with Crippen LogP contribution in [0.5, 0.6) is 0 Å². The maximum Gasteiger partial charge on any atom is 0.328 e. The zero-order chi connectivity index (χ0) is 26.0. The summed E-state index contributed by atoms with van der Waals surface area (Å²) >= 11 is 0. The van der Waals surface area contributed by atoms with Crippen molar-refractivity contribution in [1.82, 2.24) is 25.9 Å². The van der Waals surface area contributed by atoms with E-state index in [1.54, 1.807) is 12.1 Å². The molecule has 2 aromatic rings. The predicted octanol–water partition coefficient (Wildman–Crippen LogP) is -2.57. The largest absolute Gasteiger partial charge is 0.480 e. The van der Waals surface area contributed by atoms with Gasteiger partial charge in [-0.3, -0.25) is 14.4 Å². The van der Waals surface area contributed by atoms with Crippen molar-refractivity contribution in [3.8, 4) is 0 Å². The summed E-state index contributed by atoms with van der Waals surface area (Å²) < 4.78 is 0. The van der Waals surface area contributed by atoms with E-state index in [4.69, 9.17) is 15.9 Å². The fourth-order valence-electron chi connectivity index (χ4n) is 3.17. The van der Waals surface area contributed by atoms with E-state index in [1.807, 2.05) is 23.5 Å². The van der Waals surface area contributed by atoms with Crippen molar-refractivity contribution in [2.24, 2.45) is 5.73 Å². The summed E-state index contributed by atoms with van der Waals surface area (Å²) in [6.45, 7) is 0.330. The lowest BCUT2D eigenvalue weighted by atomic mass is 10.0. The Bertz CT molecular complexity index is 983. The number of amides is 3. The molecule has 1 aromatic carbocycles. The number of nitrogens with one attached hydrogen (secondary N) is 4. The summed E-state index contributed by atoms with van der Waals surface area (Å²) in [7, 11) is 0. The van der Waals surface area contributed by atoms with Crippen molar-refractivity contribution >= 4 is 23.7 Å². The molecule has 0 saturated heterocycles. The fraction of sp³-hybridized carbons (Fsp3) is 0.409. The van der Waals surface area contributed by atoms with Crippen LogP contribution in [0.1, 0.15) is 18.2 Å². The zero-order valence-electron chi connectivity index (χ0n) is 19.0. The number of benzene rings is 1. The maximum atomic E-state index is 13.0. The summed E-state index contributed by atoms with van der Waals surface area (Å²) in [6, 6.07) is 3.71. The van der Waals surface area contributed by atoms with Gasteiger partial charge in [0.05, 0.1) is 25.1 Å². The first kappa shape index (κ1) is 27.4. The average molecular weight is 491 g/mol. The molecule has 190 valence electrons. The van der Waals surface area contributed by atoms with Crippen LogP contribution in [0.3, 0.4) is 0 Å². The molecule has 13 nitrogen and oxygen atoms in total. The average Bonchev–Trinajstić information content (AvgIpc) is 3.33. The van der Waals surface area contributed by atoms with Crippen molar-refractivity contribution in [1.29, 1.82) is 0 Å². The van der Waals surface area contributed by atoms with Crippen molar-refractivity contribution < 1.29 is 34.5 Å². The van der Waals surface area contributed by atoms with Gasteiger partial charge >= 0.3 is 5.97 Å². The number of aliphatic hydroxyl groups is 2. The highest BCUT2D eigenvalue weighted by molar-refractivity contribution is 5.94. The fourth-order valence-corrected chi connectivity index (χ4v) is 3.17. The number of aromatic nitrogens is 2. The molecular weight excluding hydrogens is 460 g/mol. The molecule has 9 N–H and O–H groups in total. The second-order valence-corrected chi connectivity index (χ2v) is 7.95. The van der Waals surface area contributed by atoms with Gasteiger partial charge in [-0.25, -0.2) is 9.78 Å². The molecule has 0 saturated carbocycles. The number of carbonyl (C=O) groups excluding carboxylic acids is 3. The van der Waals surface area contributed by atoms with Gasteiger partial charge in [0.1, 0.15) is 18.1 Å². The predicted molar refractivity (Wildman–Crippen MR) is 123 cm³/mol. The third-order valence-electron chi connectivity index (χ3n) is 5.11. The van der Waals surface area contributed by atoms with Gasteiger partial charge in [-0.1, -0.05) is 30.3 Å². The number of aromatic amines is 1. The van der Waals surface area contributed by atoms with Crippen LogP contribution in [0.4, 0.5) is 0 Å². The Balaban J connectivity index is 2.14. The van der Waals surface area contributed by atoms with Gasteiger partial charge in [0.2, 0.25) is 17.7 Å². The molecule has 1 aromatic heterocycles. The molecule has 3 amide bonds. The highest BCUT2D eigenvalue weighted by Crippen LogP contribution is 2.05. The van der Waals surface area contributed by atoms with Crippen LogP contribution in [-0.2, 0) is 32.0 Å². The van der Waals surface area contributed by atoms with Crippen LogP contribution in [-0.4, -0.2) is 85.9 Å². The molecular formula is C22H30N6O7. The lowest BCUT2D eigenvalue weighted by molar-refractivity contribution is -0.144. The normalized spacial score (nSPS) is 15.2. The van der Waals surface area contributed by atoms with Gasteiger partial charge in [0, 0.05) is 18.3 Å². The number of aliphatic carboxylic acids is 1. The lowest BCUT2D eigenvalue weighted by Gasteiger charge is -2.26. The standard InChI is InChI=1S/C22H30N6O7/c1-12(30)18(21(33)27-17(10-29)22(34)35)28-20(32)16(8-14-9-24-11-25-14)26-19(31)15(23)7-13-5-3-2-4-6-13/h2-6,9,11-12,15-18,29-30H,7-8,10,23H2,1H3,(H,24,25)(H,26,31)(H,27,33)(H,28,32)(H,34,35). The lowest BCUT2D eigenvalue weighted by Crippen LogP contribution is -2.60. The second-order valence-electron chi connectivity index (χ2n) is 7.95. The van der Waals surface area contributed by atoms with E-state index in [9.17, 15) is 24.3 Å². The Morgan fingerprint density at radius 3 is 2.20 bits per heavy atom. The SMILES string of the molecule is CC(O)C(NC(=O)C(Cc1cnc[nH]1)NC(=O)C(N)Cc1ccccc1)C(=O)NC(CO)C(=O)O. The monoisotopic (exact) mass is 490 g/mol.